The summed E-state index contributed by atoms with van der Waals surface area (Å²) in [4.78, 5) is 0.263. The Morgan fingerprint density at radius 2 is 2.17 bits per heavy atom. The number of hydrogen-bond acceptors (Lipinski definition) is 3. The molecule has 7 heteroatoms. The lowest BCUT2D eigenvalue weighted by Gasteiger charge is -2.31. The zero-order valence-electron chi connectivity index (χ0n) is 9.97. The Balaban J connectivity index is 0.00000162. The summed E-state index contributed by atoms with van der Waals surface area (Å²) in [6, 6.07) is 6.57. The van der Waals surface area contributed by atoms with Crippen LogP contribution in [-0.4, -0.2) is 38.4 Å². The fourth-order valence-corrected chi connectivity index (χ4v) is 3.72. The van der Waals surface area contributed by atoms with Gasteiger partial charge in [-0.15, -0.1) is 12.4 Å². The van der Waals surface area contributed by atoms with Crippen molar-refractivity contribution >= 4 is 34.0 Å². The molecule has 1 aromatic rings. The molecule has 0 unspecified atom stereocenters. The lowest BCUT2D eigenvalue weighted by atomic mass is 10.3. The maximum atomic E-state index is 12.3. The molecule has 1 heterocycles. The van der Waals surface area contributed by atoms with Gasteiger partial charge >= 0.3 is 0 Å². The zero-order valence-corrected chi connectivity index (χ0v) is 12.4. The van der Waals surface area contributed by atoms with E-state index >= 15 is 0 Å². The minimum absolute atomic E-state index is 0. The van der Waals surface area contributed by atoms with Crippen molar-refractivity contribution in [1.29, 1.82) is 0 Å². The van der Waals surface area contributed by atoms with Gasteiger partial charge < -0.3 is 5.32 Å². The second kappa shape index (κ2) is 6.21. The maximum Gasteiger partial charge on any atom is 0.243 e. The smallest absolute Gasteiger partial charge is 0.243 e. The van der Waals surface area contributed by atoms with Gasteiger partial charge in [0.15, 0.2) is 0 Å². The summed E-state index contributed by atoms with van der Waals surface area (Å²) in [5, 5.41) is 3.65. The molecule has 0 spiro atoms. The Hall–Kier alpha value is -0.330. The number of nitrogens with one attached hydrogen (secondary N) is 1. The van der Waals surface area contributed by atoms with E-state index in [4.69, 9.17) is 11.6 Å². The van der Waals surface area contributed by atoms with Crippen molar-refractivity contribution in [3.8, 4) is 0 Å². The number of piperazine rings is 1. The van der Waals surface area contributed by atoms with Crippen molar-refractivity contribution in [2.45, 2.75) is 17.9 Å². The Morgan fingerprint density at radius 1 is 1.44 bits per heavy atom. The highest BCUT2D eigenvalue weighted by atomic mass is 35.5. The third-order valence-electron chi connectivity index (χ3n) is 2.77. The van der Waals surface area contributed by atoms with Crippen LogP contribution in [0.5, 0.6) is 0 Å². The highest BCUT2D eigenvalue weighted by Crippen LogP contribution is 2.20. The molecule has 2 rings (SSSR count). The predicted molar refractivity (Wildman–Crippen MR) is 74.9 cm³/mol. The normalized spacial score (nSPS) is 21.3. The molecular formula is C11H16Cl2N2O2S. The van der Waals surface area contributed by atoms with Gasteiger partial charge in [-0.05, 0) is 25.1 Å². The molecule has 1 saturated heterocycles. The van der Waals surface area contributed by atoms with E-state index in [2.05, 4.69) is 5.32 Å². The van der Waals surface area contributed by atoms with Crippen molar-refractivity contribution in [2.24, 2.45) is 0 Å². The molecule has 0 amide bonds. The minimum atomic E-state index is -3.41. The van der Waals surface area contributed by atoms with Crippen LogP contribution in [0.4, 0.5) is 0 Å². The van der Waals surface area contributed by atoms with Gasteiger partial charge in [-0.3, -0.25) is 0 Å². The predicted octanol–water partition coefficient (Wildman–Crippen LogP) is 1.74. The lowest BCUT2D eigenvalue weighted by molar-refractivity contribution is 0.310. The largest absolute Gasteiger partial charge is 0.312 e. The Bertz CT molecular complexity index is 508. The molecule has 0 aromatic heterocycles. The van der Waals surface area contributed by atoms with Crippen molar-refractivity contribution in [2.75, 3.05) is 19.6 Å². The van der Waals surface area contributed by atoms with E-state index in [9.17, 15) is 8.42 Å². The Morgan fingerprint density at radius 3 is 2.78 bits per heavy atom. The van der Waals surface area contributed by atoms with Gasteiger partial charge in [0.2, 0.25) is 10.0 Å². The summed E-state index contributed by atoms with van der Waals surface area (Å²) in [5.41, 5.74) is 0. The third-order valence-corrected chi connectivity index (χ3v) is 4.86. The molecule has 1 fully saturated rings. The number of rotatable bonds is 2. The number of sulfonamides is 1. The van der Waals surface area contributed by atoms with E-state index in [1.54, 1.807) is 18.2 Å². The van der Waals surface area contributed by atoms with Crippen LogP contribution in [0.15, 0.2) is 29.2 Å². The van der Waals surface area contributed by atoms with Crippen molar-refractivity contribution in [1.82, 2.24) is 9.62 Å². The first-order chi connectivity index (χ1) is 8.00. The van der Waals surface area contributed by atoms with Crippen LogP contribution in [0.1, 0.15) is 6.92 Å². The molecule has 0 bridgehead atoms. The third kappa shape index (κ3) is 3.36. The van der Waals surface area contributed by atoms with Crippen molar-refractivity contribution in [3.05, 3.63) is 29.3 Å². The maximum absolute atomic E-state index is 12.3. The topological polar surface area (TPSA) is 49.4 Å². The molecule has 18 heavy (non-hydrogen) atoms. The van der Waals surface area contributed by atoms with E-state index in [1.165, 1.54) is 10.4 Å². The molecular weight excluding hydrogens is 295 g/mol. The van der Waals surface area contributed by atoms with Gasteiger partial charge in [0.1, 0.15) is 0 Å². The van der Waals surface area contributed by atoms with E-state index < -0.39 is 10.0 Å². The van der Waals surface area contributed by atoms with Crippen molar-refractivity contribution in [3.63, 3.8) is 0 Å². The monoisotopic (exact) mass is 310 g/mol. The molecule has 1 atom stereocenters. The summed E-state index contributed by atoms with van der Waals surface area (Å²) in [6.45, 7) is 3.65. The quantitative estimate of drug-likeness (QED) is 0.905. The lowest BCUT2D eigenvalue weighted by Crippen LogP contribution is -2.51. The van der Waals surface area contributed by atoms with Crippen LogP contribution in [-0.2, 0) is 10.0 Å². The van der Waals surface area contributed by atoms with E-state index in [0.29, 0.717) is 24.7 Å². The van der Waals surface area contributed by atoms with Gasteiger partial charge in [-0.1, -0.05) is 17.7 Å². The zero-order chi connectivity index (χ0) is 12.5. The van der Waals surface area contributed by atoms with Crippen LogP contribution in [0, 0.1) is 0 Å². The fourth-order valence-electron chi connectivity index (χ4n) is 1.89. The molecule has 1 N–H and O–H groups in total. The van der Waals surface area contributed by atoms with E-state index in [1.807, 2.05) is 6.92 Å². The number of hydrogen-bond donors (Lipinski definition) is 1. The first-order valence-corrected chi connectivity index (χ1v) is 7.31. The standard InChI is InChI=1S/C11H15ClN2O2S.ClH/c1-9-8-14(6-5-13-9)17(15,16)11-4-2-3-10(12)7-11;/h2-4,7,9,13H,5-6,8H2,1H3;1H/t9-;/m0./s1. The number of benzene rings is 1. The second-order valence-electron chi connectivity index (χ2n) is 4.18. The summed E-state index contributed by atoms with van der Waals surface area (Å²) in [5.74, 6) is 0. The highest BCUT2D eigenvalue weighted by Gasteiger charge is 2.28. The van der Waals surface area contributed by atoms with E-state index in [-0.39, 0.29) is 23.3 Å². The van der Waals surface area contributed by atoms with E-state index in [0.717, 1.165) is 0 Å². The average molecular weight is 311 g/mol. The van der Waals surface area contributed by atoms with Gasteiger partial charge in [-0.25, -0.2) is 8.42 Å². The minimum Gasteiger partial charge on any atom is -0.312 e. The van der Waals surface area contributed by atoms with Crippen molar-refractivity contribution < 1.29 is 8.42 Å². The molecule has 1 aromatic carbocycles. The SMILES string of the molecule is C[C@H]1CN(S(=O)(=O)c2cccc(Cl)c2)CCN1.Cl. The second-order valence-corrected chi connectivity index (χ2v) is 6.55. The first-order valence-electron chi connectivity index (χ1n) is 5.49. The van der Waals surface area contributed by atoms with Crippen LogP contribution in [0.3, 0.4) is 0 Å². The molecule has 0 aliphatic carbocycles. The fraction of sp³-hybridized carbons (Fsp3) is 0.455. The van der Waals surface area contributed by atoms with Gasteiger partial charge in [-0.2, -0.15) is 4.31 Å². The molecule has 4 nitrogen and oxygen atoms in total. The van der Waals surface area contributed by atoms with Crippen LogP contribution in [0.2, 0.25) is 5.02 Å². The van der Waals surface area contributed by atoms with Gasteiger partial charge in [0, 0.05) is 30.7 Å². The van der Waals surface area contributed by atoms with Gasteiger partial charge in [0.25, 0.3) is 0 Å². The summed E-state index contributed by atoms with van der Waals surface area (Å²) >= 11 is 5.82. The van der Waals surface area contributed by atoms with Crippen LogP contribution in [0.25, 0.3) is 0 Å². The summed E-state index contributed by atoms with van der Waals surface area (Å²) in [7, 11) is -3.41. The molecule has 1 aliphatic rings. The molecule has 0 radical (unpaired) electrons. The van der Waals surface area contributed by atoms with Gasteiger partial charge in [0.05, 0.1) is 4.90 Å². The first kappa shape index (κ1) is 15.7. The van der Waals surface area contributed by atoms with Crippen LogP contribution < -0.4 is 5.32 Å². The summed E-state index contributed by atoms with van der Waals surface area (Å²) < 4.78 is 26.1. The molecule has 102 valence electrons. The molecule has 1 aliphatic heterocycles. The summed E-state index contributed by atoms with van der Waals surface area (Å²) in [6.07, 6.45) is 0. The van der Waals surface area contributed by atoms with Crippen LogP contribution >= 0.6 is 24.0 Å². The highest BCUT2D eigenvalue weighted by molar-refractivity contribution is 7.89. The average Bonchev–Trinajstić information content (AvgIpc) is 2.29. The Labute approximate surface area is 119 Å². The molecule has 0 saturated carbocycles. The number of halogens is 2. The Kier molecular flexibility index (Phi) is 5.43. The number of nitrogens with zero attached hydrogens (tertiary/aromatic N) is 1.